The topological polar surface area (TPSA) is 118 Å². The van der Waals surface area contributed by atoms with Crippen LogP contribution in [0.1, 0.15) is 40.2 Å². The summed E-state index contributed by atoms with van der Waals surface area (Å²) in [6, 6.07) is 14.5. The maximum Gasteiger partial charge on any atom is 0.337 e. The van der Waals surface area contributed by atoms with Crippen molar-refractivity contribution in [1.82, 2.24) is 14.2 Å². The summed E-state index contributed by atoms with van der Waals surface area (Å²) in [5.74, 6) is -0.701. The number of nitrogens with one attached hydrogen (secondary N) is 1. The molecule has 2 heterocycles. The van der Waals surface area contributed by atoms with E-state index in [-0.39, 0.29) is 21.4 Å². The van der Waals surface area contributed by atoms with Crippen molar-refractivity contribution in [3.63, 3.8) is 0 Å². The van der Waals surface area contributed by atoms with E-state index in [1.807, 2.05) is 36.4 Å². The first-order chi connectivity index (χ1) is 19.1. The van der Waals surface area contributed by atoms with Crippen LogP contribution in [0.5, 0.6) is 0 Å². The number of carbonyl (C=O) groups is 2. The Hall–Kier alpha value is -2.87. The van der Waals surface area contributed by atoms with Crippen LogP contribution in [-0.2, 0) is 30.9 Å². The molecule has 3 aromatic rings. The predicted octanol–water partition coefficient (Wildman–Crippen LogP) is 4.11. The Morgan fingerprint density at radius 1 is 1.07 bits per heavy atom. The smallest absolute Gasteiger partial charge is 0.337 e. The highest BCUT2D eigenvalue weighted by Gasteiger charge is 2.33. The third kappa shape index (κ3) is 7.45. The van der Waals surface area contributed by atoms with Gasteiger partial charge < -0.3 is 14.8 Å². The number of piperazine rings is 1. The predicted molar refractivity (Wildman–Crippen MR) is 153 cm³/mol. The van der Waals surface area contributed by atoms with Crippen LogP contribution in [0.2, 0.25) is 5.02 Å². The molecule has 0 aliphatic carbocycles. The lowest BCUT2D eigenvalue weighted by atomic mass is 10.1. The van der Waals surface area contributed by atoms with Crippen LogP contribution in [0.3, 0.4) is 0 Å². The summed E-state index contributed by atoms with van der Waals surface area (Å²) in [5, 5.41) is 3.45. The maximum atomic E-state index is 13.3. The second-order valence-corrected chi connectivity index (χ2v) is 12.9. The average molecular weight is 607 g/mol. The highest BCUT2D eigenvalue weighted by molar-refractivity contribution is 7.91. The molecule has 2 aromatic carbocycles. The maximum absolute atomic E-state index is 13.3. The molecular formula is C27H31ClN4O6S2. The molecule has 1 fully saturated rings. The van der Waals surface area contributed by atoms with E-state index in [0.717, 1.165) is 22.5 Å². The monoisotopic (exact) mass is 606 g/mol. The molecule has 40 heavy (non-hydrogen) atoms. The van der Waals surface area contributed by atoms with Crippen LogP contribution in [0.25, 0.3) is 0 Å². The number of halogens is 1. The lowest BCUT2D eigenvalue weighted by molar-refractivity contribution is -0.114. The molecule has 1 atom stereocenters. The van der Waals surface area contributed by atoms with Gasteiger partial charge in [0.2, 0.25) is 5.91 Å². The van der Waals surface area contributed by atoms with Crippen molar-refractivity contribution in [1.29, 1.82) is 0 Å². The third-order valence-electron chi connectivity index (χ3n) is 6.43. The fourth-order valence-electron chi connectivity index (χ4n) is 4.31. The number of esters is 1. The molecule has 0 saturated carbocycles. The number of methoxy groups -OCH3 is 1. The number of anilines is 1. The Kier molecular flexibility index (Phi) is 9.93. The van der Waals surface area contributed by atoms with Crippen LogP contribution in [0.15, 0.2) is 52.7 Å². The number of amides is 1. The van der Waals surface area contributed by atoms with Crippen molar-refractivity contribution in [3.8, 4) is 0 Å². The van der Waals surface area contributed by atoms with Gasteiger partial charge in [-0.05, 0) is 42.3 Å². The molecule has 4 rings (SSSR count). The normalized spacial score (nSPS) is 15.5. The third-order valence-corrected chi connectivity index (χ3v) is 10.2. The fourth-order valence-corrected chi connectivity index (χ4v) is 7.46. The molecule has 13 heteroatoms. The summed E-state index contributed by atoms with van der Waals surface area (Å²) in [4.78, 5) is 29.4. The molecule has 1 unspecified atom stereocenters. The summed E-state index contributed by atoms with van der Waals surface area (Å²) in [7, 11) is -2.40. The molecule has 0 radical (unpaired) electrons. The van der Waals surface area contributed by atoms with E-state index in [2.05, 4.69) is 15.2 Å². The van der Waals surface area contributed by atoms with Gasteiger partial charge in [0.25, 0.3) is 10.0 Å². The van der Waals surface area contributed by atoms with E-state index >= 15 is 0 Å². The average Bonchev–Trinajstić information content (AvgIpc) is 3.31. The standard InChI is InChI=1S/C27H31ClN4O6S2/c1-18-26(39-27(29-18)30-19(2)33)40(35,36)32-14-12-31(13-15-32)16-24(21-8-10-23(28)11-9-21)38-17-20-4-6-22(7-5-20)25(34)37-3/h4-11,24H,12-17H2,1-3H3,(H,29,30,33). The molecule has 214 valence electrons. The highest BCUT2D eigenvalue weighted by Crippen LogP contribution is 2.31. The fraction of sp³-hybridized carbons (Fsp3) is 0.370. The van der Waals surface area contributed by atoms with Crippen molar-refractivity contribution >= 4 is 50.0 Å². The van der Waals surface area contributed by atoms with E-state index in [9.17, 15) is 18.0 Å². The molecule has 1 aliphatic rings. The van der Waals surface area contributed by atoms with E-state index < -0.39 is 16.0 Å². The Bertz CT molecular complexity index is 1440. The minimum Gasteiger partial charge on any atom is -0.465 e. The first-order valence-electron chi connectivity index (χ1n) is 12.6. The number of hydrogen-bond acceptors (Lipinski definition) is 9. The van der Waals surface area contributed by atoms with Crippen LogP contribution < -0.4 is 5.32 Å². The van der Waals surface area contributed by atoms with Gasteiger partial charge in [0.15, 0.2) is 9.34 Å². The van der Waals surface area contributed by atoms with Crippen molar-refractivity contribution in [2.45, 2.75) is 30.8 Å². The number of thiazole rings is 1. The zero-order chi connectivity index (χ0) is 28.9. The minimum atomic E-state index is -3.74. The molecule has 1 N–H and O–H groups in total. The van der Waals surface area contributed by atoms with Crippen LogP contribution in [-0.4, -0.2) is 74.3 Å². The van der Waals surface area contributed by atoms with Gasteiger partial charge >= 0.3 is 5.97 Å². The summed E-state index contributed by atoms with van der Waals surface area (Å²) in [6.07, 6.45) is -0.287. The van der Waals surface area contributed by atoms with E-state index in [1.165, 1.54) is 18.3 Å². The van der Waals surface area contributed by atoms with Crippen LogP contribution in [0, 0.1) is 6.92 Å². The number of hydrogen-bond donors (Lipinski definition) is 1. The van der Waals surface area contributed by atoms with Gasteiger partial charge in [-0.2, -0.15) is 4.31 Å². The number of carbonyl (C=O) groups excluding carboxylic acids is 2. The molecule has 1 aliphatic heterocycles. The number of sulfonamides is 1. The Labute approximate surface area is 242 Å². The first-order valence-corrected chi connectivity index (χ1v) is 15.2. The molecule has 0 bridgehead atoms. The summed E-state index contributed by atoms with van der Waals surface area (Å²) < 4.78 is 39.3. The van der Waals surface area contributed by atoms with Gasteiger partial charge in [-0.25, -0.2) is 18.2 Å². The molecule has 0 spiro atoms. The molecule has 1 amide bonds. The van der Waals surface area contributed by atoms with Gasteiger partial charge in [-0.1, -0.05) is 47.2 Å². The minimum absolute atomic E-state index is 0.144. The van der Waals surface area contributed by atoms with E-state index in [1.54, 1.807) is 19.1 Å². The van der Waals surface area contributed by atoms with E-state index in [0.29, 0.717) is 55.6 Å². The van der Waals surface area contributed by atoms with Gasteiger partial charge in [0, 0.05) is 44.7 Å². The first kappa shape index (κ1) is 30.1. The van der Waals surface area contributed by atoms with Crippen molar-refractivity contribution < 1.29 is 27.5 Å². The van der Waals surface area contributed by atoms with Crippen molar-refractivity contribution in [2.75, 3.05) is 45.2 Å². The lowest BCUT2D eigenvalue weighted by Crippen LogP contribution is -2.49. The van der Waals surface area contributed by atoms with Gasteiger partial charge in [0.1, 0.15) is 0 Å². The van der Waals surface area contributed by atoms with Crippen molar-refractivity contribution in [3.05, 3.63) is 75.9 Å². The second kappa shape index (κ2) is 13.2. The lowest BCUT2D eigenvalue weighted by Gasteiger charge is -2.35. The quantitative estimate of drug-likeness (QED) is 0.343. The van der Waals surface area contributed by atoms with Gasteiger partial charge in [-0.3, -0.25) is 9.69 Å². The largest absolute Gasteiger partial charge is 0.465 e. The van der Waals surface area contributed by atoms with Crippen LogP contribution >= 0.6 is 22.9 Å². The second-order valence-electron chi connectivity index (χ2n) is 9.32. The summed E-state index contributed by atoms with van der Waals surface area (Å²) >= 11 is 7.07. The number of aryl methyl sites for hydroxylation is 1. The number of rotatable bonds is 10. The zero-order valence-electron chi connectivity index (χ0n) is 22.4. The van der Waals surface area contributed by atoms with Crippen molar-refractivity contribution in [2.24, 2.45) is 0 Å². The van der Waals surface area contributed by atoms with Crippen LogP contribution in [0.4, 0.5) is 5.13 Å². The molecular weight excluding hydrogens is 576 g/mol. The summed E-state index contributed by atoms with van der Waals surface area (Å²) in [5.41, 5.74) is 2.69. The Morgan fingerprint density at radius 2 is 1.73 bits per heavy atom. The highest BCUT2D eigenvalue weighted by atomic mass is 35.5. The number of ether oxygens (including phenoxy) is 2. The number of benzene rings is 2. The van der Waals surface area contributed by atoms with Gasteiger partial charge in [-0.15, -0.1) is 0 Å². The SMILES string of the molecule is COC(=O)c1ccc(COC(CN2CCN(S(=O)(=O)c3sc(NC(C)=O)nc3C)CC2)c2ccc(Cl)cc2)cc1. The molecule has 1 aromatic heterocycles. The molecule has 1 saturated heterocycles. The number of aromatic nitrogens is 1. The van der Waals surface area contributed by atoms with E-state index in [4.69, 9.17) is 21.1 Å². The Morgan fingerprint density at radius 3 is 2.33 bits per heavy atom. The Balaban J connectivity index is 1.41. The number of nitrogens with zero attached hydrogens (tertiary/aromatic N) is 3. The molecule has 10 nitrogen and oxygen atoms in total. The zero-order valence-corrected chi connectivity index (χ0v) is 24.8. The van der Waals surface area contributed by atoms with Gasteiger partial charge in [0.05, 0.1) is 31.1 Å². The summed E-state index contributed by atoms with van der Waals surface area (Å²) in [6.45, 7) is 5.54.